The summed E-state index contributed by atoms with van der Waals surface area (Å²) >= 11 is 2.10. The maximum absolute atomic E-state index is 11.5. The second-order valence-corrected chi connectivity index (χ2v) is 4.02. The van der Waals surface area contributed by atoms with Crippen LogP contribution in [-0.2, 0) is 11.3 Å². The molecule has 0 atom stereocenters. The van der Waals surface area contributed by atoms with Crippen molar-refractivity contribution in [2.45, 2.75) is 20.4 Å². The molecule has 1 heterocycles. The number of nitrogens with zero attached hydrogens (tertiary/aromatic N) is 2. The van der Waals surface area contributed by atoms with E-state index in [9.17, 15) is 4.79 Å². The van der Waals surface area contributed by atoms with Crippen LogP contribution in [0, 0.1) is 10.5 Å². The highest BCUT2D eigenvalue weighted by atomic mass is 127. The number of allylic oxidation sites excluding steroid dienone is 1. The summed E-state index contributed by atoms with van der Waals surface area (Å²) in [7, 11) is 0. The first-order valence-corrected chi connectivity index (χ1v) is 5.70. The molecule has 0 radical (unpaired) electrons. The maximum atomic E-state index is 11.5. The third-order valence-electron chi connectivity index (χ3n) is 1.90. The Bertz CT molecular complexity index is 385. The highest BCUT2D eigenvalue weighted by Crippen LogP contribution is 2.17. The van der Waals surface area contributed by atoms with Crippen LogP contribution in [0.4, 0.5) is 0 Å². The topological polar surface area (TPSA) is 44.1 Å². The van der Waals surface area contributed by atoms with Gasteiger partial charge in [-0.3, -0.25) is 4.68 Å². The summed E-state index contributed by atoms with van der Waals surface area (Å²) in [6.07, 6.45) is 1.74. The van der Waals surface area contributed by atoms with E-state index in [4.69, 9.17) is 4.74 Å². The molecule has 0 saturated carbocycles. The third-order valence-corrected chi connectivity index (χ3v) is 3.20. The molecule has 5 heteroatoms. The van der Waals surface area contributed by atoms with Crippen molar-refractivity contribution in [1.29, 1.82) is 0 Å². The van der Waals surface area contributed by atoms with Crippen LogP contribution in [-0.4, -0.2) is 22.4 Å². The van der Waals surface area contributed by atoms with E-state index in [-0.39, 0.29) is 5.97 Å². The molecule has 0 N–H and O–H groups in total. The van der Waals surface area contributed by atoms with Crippen LogP contribution in [0.25, 0.3) is 0 Å². The van der Waals surface area contributed by atoms with Crippen molar-refractivity contribution < 1.29 is 9.53 Å². The highest BCUT2D eigenvalue weighted by molar-refractivity contribution is 14.1. The number of hydrogen-bond donors (Lipinski definition) is 0. The summed E-state index contributed by atoms with van der Waals surface area (Å²) in [5.41, 5.74) is 1.34. The Kier molecular flexibility index (Phi) is 4.31. The van der Waals surface area contributed by atoms with Gasteiger partial charge in [-0.1, -0.05) is 6.08 Å². The van der Waals surface area contributed by atoms with E-state index < -0.39 is 0 Å². The molecule has 0 aromatic carbocycles. The predicted molar refractivity (Wildman–Crippen MR) is 65.8 cm³/mol. The number of carbonyl (C=O) groups is 1. The fourth-order valence-corrected chi connectivity index (χ4v) is 1.76. The molecule has 82 valence electrons. The fraction of sp³-hybridized carbons (Fsp3) is 0.400. The van der Waals surface area contributed by atoms with E-state index in [1.807, 2.05) is 6.92 Å². The lowest BCUT2D eigenvalue weighted by Gasteiger charge is -1.97. The minimum atomic E-state index is -0.368. The molecule has 0 fully saturated rings. The number of ether oxygens (including phenoxy) is 1. The SMILES string of the molecule is C=CCn1nc(C(=O)OCC)c(I)c1C. The number of esters is 1. The standard InChI is InChI=1S/C10H13IN2O2/c1-4-6-13-7(3)8(11)9(12-13)10(14)15-5-2/h4H,1,5-6H2,2-3H3. The molecule has 0 aliphatic rings. The van der Waals surface area contributed by atoms with Gasteiger partial charge in [-0.25, -0.2) is 4.79 Å². The molecule has 0 saturated heterocycles. The van der Waals surface area contributed by atoms with E-state index in [0.717, 1.165) is 9.26 Å². The molecule has 1 rings (SSSR count). The number of aromatic nitrogens is 2. The molecule has 1 aromatic rings. The Morgan fingerprint density at radius 2 is 2.40 bits per heavy atom. The average molecular weight is 320 g/mol. The Labute approximate surface area is 102 Å². The van der Waals surface area contributed by atoms with E-state index in [2.05, 4.69) is 34.3 Å². The van der Waals surface area contributed by atoms with Crippen LogP contribution in [0.2, 0.25) is 0 Å². The van der Waals surface area contributed by atoms with Crippen molar-refractivity contribution in [3.63, 3.8) is 0 Å². The van der Waals surface area contributed by atoms with Gasteiger partial charge in [0, 0.05) is 5.69 Å². The van der Waals surface area contributed by atoms with Crippen molar-refractivity contribution in [2.24, 2.45) is 0 Å². The lowest BCUT2D eigenvalue weighted by atomic mass is 10.4. The summed E-state index contributed by atoms with van der Waals surface area (Å²) < 4.78 is 7.49. The number of halogens is 1. The smallest absolute Gasteiger partial charge is 0.359 e. The Morgan fingerprint density at radius 3 is 2.93 bits per heavy atom. The molecule has 0 amide bonds. The van der Waals surface area contributed by atoms with Crippen molar-refractivity contribution >= 4 is 28.6 Å². The zero-order valence-corrected chi connectivity index (χ0v) is 10.9. The van der Waals surface area contributed by atoms with Crippen LogP contribution in [0.15, 0.2) is 12.7 Å². The van der Waals surface area contributed by atoms with Gasteiger partial charge in [-0.05, 0) is 36.4 Å². The van der Waals surface area contributed by atoms with Gasteiger partial charge in [-0.15, -0.1) is 6.58 Å². The van der Waals surface area contributed by atoms with Crippen LogP contribution in [0.5, 0.6) is 0 Å². The summed E-state index contributed by atoms with van der Waals surface area (Å²) in [6.45, 7) is 8.29. The molecule has 0 bridgehead atoms. The number of rotatable bonds is 4. The predicted octanol–water partition coefficient (Wildman–Crippen LogP) is 2.16. The highest BCUT2D eigenvalue weighted by Gasteiger charge is 2.19. The molecule has 15 heavy (non-hydrogen) atoms. The molecule has 1 aromatic heterocycles. The molecule has 0 aliphatic heterocycles. The molecular formula is C10H13IN2O2. The minimum Gasteiger partial charge on any atom is -0.461 e. The Balaban J connectivity index is 3.04. The zero-order valence-electron chi connectivity index (χ0n) is 8.79. The lowest BCUT2D eigenvalue weighted by Crippen LogP contribution is -2.08. The summed E-state index contributed by atoms with van der Waals surface area (Å²) in [4.78, 5) is 11.5. The minimum absolute atomic E-state index is 0.363. The van der Waals surface area contributed by atoms with Crippen molar-refractivity contribution in [3.05, 3.63) is 27.6 Å². The van der Waals surface area contributed by atoms with Gasteiger partial charge in [0.05, 0.1) is 16.7 Å². The average Bonchev–Trinajstić information content (AvgIpc) is 2.47. The second kappa shape index (κ2) is 5.29. The third kappa shape index (κ3) is 2.58. The molecule has 4 nitrogen and oxygen atoms in total. The van der Waals surface area contributed by atoms with Gasteiger partial charge in [0.25, 0.3) is 0 Å². The summed E-state index contributed by atoms with van der Waals surface area (Å²) in [5, 5.41) is 4.18. The van der Waals surface area contributed by atoms with Gasteiger partial charge in [0.1, 0.15) is 0 Å². The summed E-state index contributed by atoms with van der Waals surface area (Å²) in [5.74, 6) is -0.368. The van der Waals surface area contributed by atoms with E-state index in [1.165, 1.54) is 0 Å². The molecule has 0 aliphatic carbocycles. The monoisotopic (exact) mass is 320 g/mol. The van der Waals surface area contributed by atoms with Crippen LogP contribution in [0.3, 0.4) is 0 Å². The fourth-order valence-electron chi connectivity index (χ4n) is 1.15. The zero-order chi connectivity index (χ0) is 11.4. The van der Waals surface area contributed by atoms with Crippen LogP contribution >= 0.6 is 22.6 Å². The van der Waals surface area contributed by atoms with Crippen molar-refractivity contribution in [3.8, 4) is 0 Å². The normalized spacial score (nSPS) is 10.1. The van der Waals surface area contributed by atoms with E-state index in [1.54, 1.807) is 17.7 Å². The van der Waals surface area contributed by atoms with Crippen molar-refractivity contribution in [2.75, 3.05) is 6.61 Å². The summed E-state index contributed by atoms with van der Waals surface area (Å²) in [6, 6.07) is 0. The second-order valence-electron chi connectivity index (χ2n) is 2.94. The lowest BCUT2D eigenvalue weighted by molar-refractivity contribution is 0.0517. The van der Waals surface area contributed by atoms with Crippen molar-refractivity contribution in [1.82, 2.24) is 9.78 Å². The first-order chi connectivity index (χ1) is 7.11. The Hall–Kier alpha value is -0.850. The van der Waals surface area contributed by atoms with Gasteiger partial charge in [-0.2, -0.15) is 5.10 Å². The quantitative estimate of drug-likeness (QED) is 0.485. The van der Waals surface area contributed by atoms with E-state index >= 15 is 0 Å². The van der Waals surface area contributed by atoms with Gasteiger partial charge < -0.3 is 4.74 Å². The largest absolute Gasteiger partial charge is 0.461 e. The molecule has 0 unspecified atom stereocenters. The van der Waals surface area contributed by atoms with Crippen LogP contribution < -0.4 is 0 Å². The van der Waals surface area contributed by atoms with Gasteiger partial charge in [0.15, 0.2) is 5.69 Å². The van der Waals surface area contributed by atoms with Crippen LogP contribution in [0.1, 0.15) is 23.1 Å². The first kappa shape index (κ1) is 12.2. The number of carbonyl (C=O) groups excluding carboxylic acids is 1. The first-order valence-electron chi connectivity index (χ1n) is 4.62. The molecule has 0 spiro atoms. The maximum Gasteiger partial charge on any atom is 0.359 e. The Morgan fingerprint density at radius 1 is 1.73 bits per heavy atom. The van der Waals surface area contributed by atoms with Gasteiger partial charge >= 0.3 is 5.97 Å². The van der Waals surface area contributed by atoms with E-state index in [0.29, 0.717) is 18.8 Å². The van der Waals surface area contributed by atoms with Gasteiger partial charge in [0.2, 0.25) is 0 Å². The molecular weight excluding hydrogens is 307 g/mol. The number of hydrogen-bond acceptors (Lipinski definition) is 3.